The summed E-state index contributed by atoms with van der Waals surface area (Å²) in [6, 6.07) is 10.1. The molecular weight excluding hydrogens is 224 g/mol. The van der Waals surface area contributed by atoms with E-state index >= 15 is 0 Å². The molecule has 100 valence electrons. The summed E-state index contributed by atoms with van der Waals surface area (Å²) >= 11 is 0. The second-order valence-corrected chi connectivity index (χ2v) is 4.55. The van der Waals surface area contributed by atoms with Crippen LogP contribution in [0.5, 0.6) is 0 Å². The average molecular weight is 248 g/mol. The van der Waals surface area contributed by atoms with E-state index in [9.17, 15) is 4.79 Å². The number of benzene rings is 1. The van der Waals surface area contributed by atoms with Crippen LogP contribution in [0, 0.1) is 0 Å². The van der Waals surface area contributed by atoms with Gasteiger partial charge in [0.15, 0.2) is 0 Å². The van der Waals surface area contributed by atoms with E-state index in [2.05, 4.69) is 19.1 Å². The second-order valence-electron chi connectivity index (χ2n) is 4.55. The van der Waals surface area contributed by atoms with Crippen LogP contribution < -0.4 is 5.73 Å². The summed E-state index contributed by atoms with van der Waals surface area (Å²) in [4.78, 5) is 14.0. The summed E-state index contributed by atoms with van der Waals surface area (Å²) in [5.41, 5.74) is 6.71. The maximum atomic E-state index is 12.1. The molecule has 0 saturated carbocycles. The first-order valence-electron chi connectivity index (χ1n) is 6.79. The standard InChI is InChI=1S/C15H24N2O/c1-2-3-10-15(18)17(12-7-11-16)13-14-8-5-4-6-9-14/h4-6,8-9H,2-3,7,10-13,16H2,1H3. The summed E-state index contributed by atoms with van der Waals surface area (Å²) in [7, 11) is 0. The third-order valence-corrected chi connectivity index (χ3v) is 2.95. The molecule has 0 aromatic heterocycles. The number of carbonyl (C=O) groups excluding carboxylic acids is 1. The average Bonchev–Trinajstić information content (AvgIpc) is 2.42. The fourth-order valence-corrected chi connectivity index (χ4v) is 1.86. The fourth-order valence-electron chi connectivity index (χ4n) is 1.86. The number of nitrogens with zero attached hydrogens (tertiary/aromatic N) is 1. The predicted molar refractivity (Wildman–Crippen MR) is 75.1 cm³/mol. The van der Waals surface area contributed by atoms with Crippen molar-refractivity contribution in [3.63, 3.8) is 0 Å². The molecule has 1 amide bonds. The van der Waals surface area contributed by atoms with Gasteiger partial charge in [-0.2, -0.15) is 0 Å². The molecule has 0 fully saturated rings. The van der Waals surface area contributed by atoms with Crippen molar-refractivity contribution in [1.82, 2.24) is 4.90 Å². The van der Waals surface area contributed by atoms with E-state index in [0.717, 1.165) is 25.8 Å². The van der Waals surface area contributed by atoms with E-state index in [4.69, 9.17) is 5.73 Å². The smallest absolute Gasteiger partial charge is 0.222 e. The van der Waals surface area contributed by atoms with Gasteiger partial charge in [0.2, 0.25) is 5.91 Å². The topological polar surface area (TPSA) is 46.3 Å². The van der Waals surface area contributed by atoms with Gasteiger partial charge in [0.1, 0.15) is 0 Å². The highest BCUT2D eigenvalue weighted by Crippen LogP contribution is 2.08. The van der Waals surface area contributed by atoms with E-state index in [0.29, 0.717) is 19.5 Å². The number of rotatable bonds is 8. The lowest BCUT2D eigenvalue weighted by Crippen LogP contribution is -2.32. The number of hydrogen-bond acceptors (Lipinski definition) is 2. The Morgan fingerprint density at radius 1 is 1.22 bits per heavy atom. The van der Waals surface area contributed by atoms with Gasteiger partial charge in [0, 0.05) is 19.5 Å². The zero-order valence-electron chi connectivity index (χ0n) is 11.3. The molecule has 18 heavy (non-hydrogen) atoms. The Hall–Kier alpha value is -1.35. The van der Waals surface area contributed by atoms with Crippen LogP contribution >= 0.6 is 0 Å². The van der Waals surface area contributed by atoms with Gasteiger partial charge in [-0.25, -0.2) is 0 Å². The highest BCUT2D eigenvalue weighted by molar-refractivity contribution is 5.76. The molecular formula is C15H24N2O. The van der Waals surface area contributed by atoms with E-state index in [-0.39, 0.29) is 5.91 Å². The van der Waals surface area contributed by atoms with Gasteiger partial charge in [0.25, 0.3) is 0 Å². The third-order valence-electron chi connectivity index (χ3n) is 2.95. The van der Waals surface area contributed by atoms with Crippen molar-refractivity contribution < 1.29 is 4.79 Å². The van der Waals surface area contributed by atoms with Gasteiger partial charge in [-0.05, 0) is 24.9 Å². The molecule has 0 radical (unpaired) electrons. The number of unbranched alkanes of at least 4 members (excludes halogenated alkanes) is 1. The van der Waals surface area contributed by atoms with Crippen molar-refractivity contribution in [2.45, 2.75) is 39.2 Å². The summed E-state index contributed by atoms with van der Waals surface area (Å²) in [6.45, 7) is 4.19. The molecule has 0 bridgehead atoms. The first-order chi connectivity index (χ1) is 8.77. The lowest BCUT2D eigenvalue weighted by atomic mass is 10.1. The van der Waals surface area contributed by atoms with Crippen LogP contribution in [-0.2, 0) is 11.3 Å². The van der Waals surface area contributed by atoms with Crippen molar-refractivity contribution in [2.24, 2.45) is 5.73 Å². The largest absolute Gasteiger partial charge is 0.338 e. The van der Waals surface area contributed by atoms with Gasteiger partial charge in [-0.15, -0.1) is 0 Å². The Labute approximate surface area is 110 Å². The molecule has 2 N–H and O–H groups in total. The van der Waals surface area contributed by atoms with Crippen LogP contribution in [0.15, 0.2) is 30.3 Å². The molecule has 0 heterocycles. The van der Waals surface area contributed by atoms with Crippen LogP contribution in [0.1, 0.15) is 38.2 Å². The first kappa shape index (κ1) is 14.7. The minimum atomic E-state index is 0.245. The van der Waals surface area contributed by atoms with E-state index in [1.165, 1.54) is 5.56 Å². The lowest BCUT2D eigenvalue weighted by Gasteiger charge is -2.22. The van der Waals surface area contributed by atoms with Crippen LogP contribution in [0.4, 0.5) is 0 Å². The Morgan fingerprint density at radius 3 is 2.56 bits per heavy atom. The first-order valence-corrected chi connectivity index (χ1v) is 6.79. The molecule has 0 saturated heterocycles. The quantitative estimate of drug-likeness (QED) is 0.768. The fraction of sp³-hybridized carbons (Fsp3) is 0.533. The normalized spacial score (nSPS) is 10.3. The summed E-state index contributed by atoms with van der Waals surface area (Å²) in [5.74, 6) is 0.245. The number of hydrogen-bond donors (Lipinski definition) is 1. The maximum Gasteiger partial charge on any atom is 0.222 e. The molecule has 0 aliphatic rings. The Kier molecular flexibility index (Phi) is 7.11. The monoisotopic (exact) mass is 248 g/mol. The van der Waals surface area contributed by atoms with Gasteiger partial charge < -0.3 is 10.6 Å². The Morgan fingerprint density at radius 2 is 1.94 bits per heavy atom. The second kappa shape index (κ2) is 8.70. The lowest BCUT2D eigenvalue weighted by molar-refractivity contribution is -0.132. The van der Waals surface area contributed by atoms with Crippen molar-refractivity contribution in [3.05, 3.63) is 35.9 Å². The Balaban J connectivity index is 2.57. The molecule has 3 nitrogen and oxygen atoms in total. The van der Waals surface area contributed by atoms with E-state index in [1.807, 2.05) is 23.1 Å². The number of nitrogens with two attached hydrogens (primary N) is 1. The minimum absolute atomic E-state index is 0.245. The summed E-state index contributed by atoms with van der Waals surface area (Å²) < 4.78 is 0. The zero-order chi connectivity index (χ0) is 13.2. The SMILES string of the molecule is CCCCC(=O)N(CCCN)Cc1ccccc1. The van der Waals surface area contributed by atoms with Gasteiger partial charge in [-0.3, -0.25) is 4.79 Å². The van der Waals surface area contributed by atoms with Crippen molar-refractivity contribution in [2.75, 3.05) is 13.1 Å². The van der Waals surface area contributed by atoms with E-state index < -0.39 is 0 Å². The third kappa shape index (κ3) is 5.32. The number of carbonyl (C=O) groups is 1. The number of amides is 1. The zero-order valence-corrected chi connectivity index (χ0v) is 11.3. The molecule has 0 aliphatic heterocycles. The highest BCUT2D eigenvalue weighted by atomic mass is 16.2. The van der Waals surface area contributed by atoms with Crippen LogP contribution in [0.3, 0.4) is 0 Å². The van der Waals surface area contributed by atoms with Crippen molar-refractivity contribution in [3.8, 4) is 0 Å². The molecule has 3 heteroatoms. The van der Waals surface area contributed by atoms with Gasteiger partial charge >= 0.3 is 0 Å². The molecule has 0 atom stereocenters. The highest BCUT2D eigenvalue weighted by Gasteiger charge is 2.12. The van der Waals surface area contributed by atoms with Gasteiger partial charge in [0.05, 0.1) is 0 Å². The van der Waals surface area contributed by atoms with Gasteiger partial charge in [-0.1, -0.05) is 43.7 Å². The molecule has 0 spiro atoms. The predicted octanol–water partition coefficient (Wildman–Crippen LogP) is 2.55. The van der Waals surface area contributed by atoms with Crippen LogP contribution in [0.2, 0.25) is 0 Å². The molecule has 0 aliphatic carbocycles. The molecule has 1 aromatic carbocycles. The van der Waals surface area contributed by atoms with E-state index in [1.54, 1.807) is 0 Å². The van der Waals surface area contributed by atoms with Crippen LogP contribution in [0.25, 0.3) is 0 Å². The molecule has 1 aromatic rings. The van der Waals surface area contributed by atoms with Crippen LogP contribution in [-0.4, -0.2) is 23.9 Å². The molecule has 0 unspecified atom stereocenters. The van der Waals surface area contributed by atoms with Crippen molar-refractivity contribution in [1.29, 1.82) is 0 Å². The maximum absolute atomic E-state index is 12.1. The van der Waals surface area contributed by atoms with Crippen molar-refractivity contribution >= 4 is 5.91 Å². The summed E-state index contributed by atoms with van der Waals surface area (Å²) in [5, 5.41) is 0. The minimum Gasteiger partial charge on any atom is -0.338 e. The summed E-state index contributed by atoms with van der Waals surface area (Å²) in [6.07, 6.45) is 3.53. The Bertz CT molecular complexity index is 338. The molecule has 1 rings (SSSR count).